The van der Waals surface area contributed by atoms with Crippen molar-refractivity contribution in [1.82, 2.24) is 13.9 Å². The molecule has 162 valence electrons. The number of hydrogen-bond acceptors (Lipinski definition) is 5. The highest BCUT2D eigenvalue weighted by Gasteiger charge is 2.27. The predicted molar refractivity (Wildman–Crippen MR) is 126 cm³/mol. The maximum absolute atomic E-state index is 13.5. The van der Waals surface area contributed by atoms with Gasteiger partial charge in [-0.15, -0.1) is 0 Å². The van der Waals surface area contributed by atoms with E-state index in [-0.39, 0.29) is 28.2 Å². The lowest BCUT2D eigenvalue weighted by Gasteiger charge is -2.15. The van der Waals surface area contributed by atoms with Crippen molar-refractivity contribution < 1.29 is 0 Å². The Morgan fingerprint density at radius 1 is 0.909 bits per heavy atom. The second-order valence-electron chi connectivity index (χ2n) is 7.29. The maximum Gasteiger partial charge on any atom is 0.296 e. The molecule has 0 spiro atoms. The third-order valence-electron chi connectivity index (χ3n) is 5.52. The molecule has 0 saturated carbocycles. The van der Waals surface area contributed by atoms with Crippen LogP contribution in [0.4, 0.5) is 5.82 Å². The molecule has 0 aliphatic rings. The Kier molecular flexibility index (Phi) is 5.39. The van der Waals surface area contributed by atoms with Crippen LogP contribution in [0.3, 0.4) is 0 Å². The van der Waals surface area contributed by atoms with Crippen molar-refractivity contribution in [2.24, 2.45) is 7.05 Å². The Morgan fingerprint density at radius 2 is 1.52 bits per heavy atom. The first-order valence-electron chi connectivity index (χ1n) is 9.80. The molecule has 0 aliphatic heterocycles. The zero-order valence-electron chi connectivity index (χ0n) is 17.7. The fraction of sp³-hybridized carbons (Fsp3) is 0.0833. The molecule has 2 aromatic heterocycles. The Bertz CT molecular complexity index is 1600. The summed E-state index contributed by atoms with van der Waals surface area (Å²) in [5.41, 5.74) is 6.17. The molecule has 8 nitrogen and oxygen atoms in total. The van der Waals surface area contributed by atoms with Gasteiger partial charge in [-0.2, -0.15) is 10.5 Å². The van der Waals surface area contributed by atoms with Gasteiger partial charge in [-0.05, 0) is 36.8 Å². The van der Waals surface area contributed by atoms with Crippen molar-refractivity contribution in [3.8, 4) is 34.6 Å². The van der Waals surface area contributed by atoms with Crippen molar-refractivity contribution in [2.75, 3.05) is 5.73 Å². The molecule has 9 heteroatoms. The summed E-state index contributed by atoms with van der Waals surface area (Å²) < 4.78 is 3.93. The van der Waals surface area contributed by atoms with Crippen LogP contribution < -0.4 is 16.9 Å². The SMILES string of the molecule is Cc1c(-n2c(N)c(C#N)c(-c3ccc(Cl)cc3)c(C#N)c2=O)c(=O)n(-c2ccccc2)n1C. The lowest BCUT2D eigenvalue weighted by molar-refractivity contribution is 0.630. The number of benzene rings is 2. The van der Waals surface area contributed by atoms with Gasteiger partial charge < -0.3 is 5.73 Å². The zero-order valence-corrected chi connectivity index (χ0v) is 18.5. The first kappa shape index (κ1) is 21.7. The Labute approximate surface area is 193 Å². The fourth-order valence-corrected chi connectivity index (χ4v) is 3.97. The standard InChI is InChI=1S/C24H17ClN6O2/c1-14-21(24(33)31(29(14)2)17-6-4-3-5-7-17)30-22(28)18(12-26)20(19(13-27)23(30)32)15-8-10-16(25)11-9-15/h3-11H,28H2,1-2H3. The van der Waals surface area contributed by atoms with Crippen LogP contribution in [-0.4, -0.2) is 13.9 Å². The van der Waals surface area contributed by atoms with Crippen molar-refractivity contribution in [3.05, 3.63) is 97.1 Å². The molecule has 0 radical (unpaired) electrons. The summed E-state index contributed by atoms with van der Waals surface area (Å²) in [6, 6.07) is 19.1. The normalized spacial score (nSPS) is 10.6. The average molecular weight is 457 g/mol. The summed E-state index contributed by atoms with van der Waals surface area (Å²) in [6.45, 7) is 1.66. The molecule has 0 unspecified atom stereocenters. The van der Waals surface area contributed by atoms with Gasteiger partial charge in [0.05, 0.1) is 11.4 Å². The van der Waals surface area contributed by atoms with Crippen molar-refractivity contribution >= 4 is 17.4 Å². The van der Waals surface area contributed by atoms with Gasteiger partial charge in [-0.3, -0.25) is 18.8 Å². The monoisotopic (exact) mass is 456 g/mol. The molecule has 2 heterocycles. The van der Waals surface area contributed by atoms with Gasteiger partial charge in [0.2, 0.25) is 0 Å². The van der Waals surface area contributed by atoms with Crippen molar-refractivity contribution in [3.63, 3.8) is 0 Å². The van der Waals surface area contributed by atoms with Crippen LogP contribution in [0.1, 0.15) is 16.8 Å². The highest BCUT2D eigenvalue weighted by molar-refractivity contribution is 6.30. The van der Waals surface area contributed by atoms with Crippen molar-refractivity contribution in [2.45, 2.75) is 6.92 Å². The number of nitrogen functional groups attached to an aromatic ring is 1. The van der Waals surface area contributed by atoms with Gasteiger partial charge in [0.1, 0.15) is 34.8 Å². The Balaban J connectivity index is 2.11. The van der Waals surface area contributed by atoms with E-state index in [1.165, 1.54) is 4.68 Å². The van der Waals surface area contributed by atoms with E-state index in [4.69, 9.17) is 17.3 Å². The molecular formula is C24H17ClN6O2. The second kappa shape index (κ2) is 8.19. The van der Waals surface area contributed by atoms with Gasteiger partial charge in [-0.1, -0.05) is 41.9 Å². The quantitative estimate of drug-likeness (QED) is 0.506. The highest BCUT2D eigenvalue weighted by atomic mass is 35.5. The molecule has 0 fully saturated rings. The number of hydrogen-bond donors (Lipinski definition) is 1. The molecule has 0 saturated heterocycles. The molecule has 0 bridgehead atoms. The number of nitrogens with zero attached hydrogens (tertiary/aromatic N) is 5. The van der Waals surface area contributed by atoms with Gasteiger partial charge in [0.25, 0.3) is 11.1 Å². The first-order valence-corrected chi connectivity index (χ1v) is 10.2. The van der Waals surface area contributed by atoms with Crippen LogP contribution in [0.25, 0.3) is 22.5 Å². The number of aromatic nitrogens is 3. The summed E-state index contributed by atoms with van der Waals surface area (Å²) >= 11 is 5.96. The van der Waals surface area contributed by atoms with Crippen LogP contribution in [-0.2, 0) is 7.05 Å². The number of nitriles is 2. The summed E-state index contributed by atoms with van der Waals surface area (Å²) in [5.74, 6) is -0.225. The largest absolute Gasteiger partial charge is 0.384 e. The van der Waals surface area contributed by atoms with Crippen LogP contribution in [0.5, 0.6) is 0 Å². The molecule has 0 aliphatic carbocycles. The highest BCUT2D eigenvalue weighted by Crippen LogP contribution is 2.31. The fourth-order valence-electron chi connectivity index (χ4n) is 3.85. The second-order valence-corrected chi connectivity index (χ2v) is 7.73. The molecule has 0 atom stereocenters. The molecule has 2 N–H and O–H groups in total. The average Bonchev–Trinajstić information content (AvgIpc) is 3.03. The molecular weight excluding hydrogens is 440 g/mol. The van der Waals surface area contributed by atoms with E-state index in [1.54, 1.807) is 67.2 Å². The van der Waals surface area contributed by atoms with Gasteiger partial charge in [0, 0.05) is 17.6 Å². The van der Waals surface area contributed by atoms with E-state index in [1.807, 2.05) is 18.2 Å². The van der Waals surface area contributed by atoms with Crippen LogP contribution in [0.15, 0.2) is 64.2 Å². The van der Waals surface area contributed by atoms with Gasteiger partial charge in [-0.25, -0.2) is 4.68 Å². The van der Waals surface area contributed by atoms with Gasteiger partial charge >= 0.3 is 0 Å². The summed E-state index contributed by atoms with van der Waals surface area (Å²) in [4.78, 5) is 26.9. The maximum atomic E-state index is 13.5. The first-order chi connectivity index (χ1) is 15.8. The van der Waals surface area contributed by atoms with E-state index < -0.39 is 11.1 Å². The number of nitrogens with two attached hydrogens (primary N) is 1. The molecule has 4 rings (SSSR count). The smallest absolute Gasteiger partial charge is 0.296 e. The molecule has 4 aromatic rings. The number of para-hydroxylation sites is 1. The number of anilines is 1. The van der Waals surface area contributed by atoms with E-state index in [0.717, 1.165) is 4.57 Å². The topological polar surface area (TPSA) is 123 Å². The van der Waals surface area contributed by atoms with Crippen LogP contribution in [0, 0.1) is 29.6 Å². The van der Waals surface area contributed by atoms with Crippen LogP contribution >= 0.6 is 11.6 Å². The van der Waals surface area contributed by atoms with Crippen LogP contribution in [0.2, 0.25) is 5.02 Å². The minimum absolute atomic E-state index is 0.0282. The number of pyridine rings is 1. The zero-order chi connectivity index (χ0) is 23.9. The minimum Gasteiger partial charge on any atom is -0.384 e. The van der Waals surface area contributed by atoms with E-state index in [0.29, 0.717) is 22.0 Å². The Hall–Kier alpha value is -4.53. The third kappa shape index (κ3) is 3.30. The number of rotatable bonds is 3. The summed E-state index contributed by atoms with van der Waals surface area (Å²) in [7, 11) is 1.67. The number of halogens is 1. The summed E-state index contributed by atoms with van der Waals surface area (Å²) in [5, 5.41) is 20.2. The summed E-state index contributed by atoms with van der Waals surface area (Å²) in [6.07, 6.45) is 0. The Morgan fingerprint density at radius 3 is 2.09 bits per heavy atom. The molecule has 2 aromatic carbocycles. The van der Waals surface area contributed by atoms with E-state index >= 15 is 0 Å². The molecule has 33 heavy (non-hydrogen) atoms. The van der Waals surface area contributed by atoms with Gasteiger partial charge in [0.15, 0.2) is 0 Å². The molecule has 0 amide bonds. The van der Waals surface area contributed by atoms with E-state index in [2.05, 4.69) is 0 Å². The lowest BCUT2D eigenvalue weighted by Crippen LogP contribution is -2.31. The third-order valence-corrected chi connectivity index (χ3v) is 5.77. The predicted octanol–water partition coefficient (Wildman–Crippen LogP) is 3.28. The lowest BCUT2D eigenvalue weighted by atomic mass is 9.96. The van der Waals surface area contributed by atoms with E-state index in [9.17, 15) is 20.1 Å². The minimum atomic E-state index is -0.787. The van der Waals surface area contributed by atoms with Crippen molar-refractivity contribution in [1.29, 1.82) is 10.5 Å².